The second kappa shape index (κ2) is 7.48. The third-order valence-electron chi connectivity index (χ3n) is 5.39. The van der Waals surface area contributed by atoms with Gasteiger partial charge in [-0.15, -0.1) is 0 Å². The number of aromatic nitrogens is 2. The lowest BCUT2D eigenvalue weighted by atomic mass is 9.95. The van der Waals surface area contributed by atoms with Crippen molar-refractivity contribution in [1.29, 1.82) is 0 Å². The van der Waals surface area contributed by atoms with Gasteiger partial charge in [-0.1, -0.05) is 11.6 Å². The summed E-state index contributed by atoms with van der Waals surface area (Å²) in [5.74, 6) is 0.270. The molecule has 1 fully saturated rings. The number of pyridine rings is 1. The largest absolute Gasteiger partial charge is 0.422 e. The summed E-state index contributed by atoms with van der Waals surface area (Å²) < 4.78 is 5.83. The van der Waals surface area contributed by atoms with Crippen LogP contribution in [0.5, 0.6) is 0 Å². The Bertz CT molecular complexity index is 818. The van der Waals surface area contributed by atoms with Crippen LogP contribution in [0.3, 0.4) is 0 Å². The summed E-state index contributed by atoms with van der Waals surface area (Å²) in [4.78, 5) is 23.5. The van der Waals surface area contributed by atoms with E-state index in [2.05, 4.69) is 26.3 Å². The van der Waals surface area contributed by atoms with Crippen LogP contribution in [0.4, 0.5) is 6.01 Å². The fraction of sp³-hybridized carbons (Fsp3) is 0.550. The van der Waals surface area contributed by atoms with E-state index in [4.69, 9.17) is 4.42 Å². The number of anilines is 1. The lowest BCUT2D eigenvalue weighted by Gasteiger charge is -2.30. The van der Waals surface area contributed by atoms with Crippen LogP contribution in [0.2, 0.25) is 0 Å². The van der Waals surface area contributed by atoms with E-state index in [0.29, 0.717) is 17.2 Å². The minimum Gasteiger partial charge on any atom is -0.422 e. The molecule has 1 aliphatic carbocycles. The predicted octanol–water partition coefficient (Wildman–Crippen LogP) is 3.36. The van der Waals surface area contributed by atoms with Crippen molar-refractivity contribution in [2.24, 2.45) is 5.92 Å². The number of allylic oxidation sites excluding steroid dienone is 1. The Hall–Kier alpha value is -2.37. The second-order valence-electron chi connectivity index (χ2n) is 7.36. The SMILES string of the molecule is Cc1ccc2oc(N3CCC(C(=O)NCC4=CCCCC4)CC3)nc2n1. The van der Waals surface area contributed by atoms with E-state index in [0.717, 1.165) is 51.0 Å². The van der Waals surface area contributed by atoms with Gasteiger partial charge in [-0.2, -0.15) is 4.98 Å². The van der Waals surface area contributed by atoms with Crippen LogP contribution in [0, 0.1) is 12.8 Å². The summed E-state index contributed by atoms with van der Waals surface area (Å²) in [6, 6.07) is 4.45. The minimum atomic E-state index is 0.0835. The molecule has 0 spiro atoms. The molecule has 3 heterocycles. The van der Waals surface area contributed by atoms with Gasteiger partial charge >= 0.3 is 0 Å². The number of carbonyl (C=O) groups excluding carboxylic acids is 1. The molecule has 0 aromatic carbocycles. The summed E-state index contributed by atoms with van der Waals surface area (Å²) in [6.45, 7) is 4.23. The van der Waals surface area contributed by atoms with Crippen LogP contribution in [-0.4, -0.2) is 35.5 Å². The molecule has 4 rings (SSSR count). The molecule has 2 aromatic rings. The normalized spacial score (nSPS) is 18.8. The van der Waals surface area contributed by atoms with Gasteiger partial charge in [0.25, 0.3) is 6.01 Å². The first-order valence-electron chi connectivity index (χ1n) is 9.64. The van der Waals surface area contributed by atoms with E-state index in [-0.39, 0.29) is 11.8 Å². The van der Waals surface area contributed by atoms with Gasteiger partial charge in [0.1, 0.15) is 0 Å². The van der Waals surface area contributed by atoms with Gasteiger partial charge in [0.2, 0.25) is 11.6 Å². The lowest BCUT2D eigenvalue weighted by Crippen LogP contribution is -2.41. The van der Waals surface area contributed by atoms with Crippen molar-refractivity contribution in [1.82, 2.24) is 15.3 Å². The number of fused-ring (bicyclic) bond motifs is 1. The van der Waals surface area contributed by atoms with Crippen molar-refractivity contribution in [2.75, 3.05) is 24.5 Å². The molecule has 0 radical (unpaired) electrons. The molecule has 0 unspecified atom stereocenters. The van der Waals surface area contributed by atoms with E-state index in [9.17, 15) is 4.79 Å². The maximum atomic E-state index is 12.5. The molecule has 0 saturated carbocycles. The maximum absolute atomic E-state index is 12.5. The fourth-order valence-corrected chi connectivity index (χ4v) is 3.78. The number of amides is 1. The van der Waals surface area contributed by atoms with Crippen LogP contribution >= 0.6 is 0 Å². The van der Waals surface area contributed by atoms with E-state index in [1.807, 2.05) is 19.1 Å². The van der Waals surface area contributed by atoms with E-state index < -0.39 is 0 Å². The zero-order chi connectivity index (χ0) is 17.9. The molecule has 1 amide bonds. The average Bonchev–Trinajstić information content (AvgIpc) is 3.10. The zero-order valence-corrected chi connectivity index (χ0v) is 15.3. The van der Waals surface area contributed by atoms with Crippen LogP contribution in [0.25, 0.3) is 11.2 Å². The summed E-state index contributed by atoms with van der Waals surface area (Å²) in [5, 5.41) is 3.13. The highest BCUT2D eigenvalue weighted by Gasteiger charge is 2.27. The van der Waals surface area contributed by atoms with Gasteiger partial charge in [-0.25, -0.2) is 4.98 Å². The molecule has 26 heavy (non-hydrogen) atoms. The number of nitrogens with zero attached hydrogens (tertiary/aromatic N) is 3. The fourth-order valence-electron chi connectivity index (χ4n) is 3.78. The van der Waals surface area contributed by atoms with Crippen molar-refractivity contribution in [3.05, 3.63) is 29.5 Å². The predicted molar refractivity (Wildman–Crippen MR) is 101 cm³/mol. The molecule has 1 aliphatic heterocycles. The van der Waals surface area contributed by atoms with Crippen molar-refractivity contribution in [2.45, 2.75) is 45.4 Å². The smallest absolute Gasteiger partial charge is 0.299 e. The summed E-state index contributed by atoms with van der Waals surface area (Å²) >= 11 is 0. The molecule has 1 saturated heterocycles. The van der Waals surface area contributed by atoms with Gasteiger partial charge < -0.3 is 14.6 Å². The Labute approximate surface area is 153 Å². The highest BCUT2D eigenvalue weighted by atomic mass is 16.4. The Morgan fingerprint density at radius 1 is 1.27 bits per heavy atom. The van der Waals surface area contributed by atoms with E-state index in [1.165, 1.54) is 18.4 Å². The highest BCUT2D eigenvalue weighted by molar-refractivity contribution is 5.79. The second-order valence-corrected chi connectivity index (χ2v) is 7.36. The van der Waals surface area contributed by atoms with Crippen molar-refractivity contribution in [3.63, 3.8) is 0 Å². The molecule has 0 atom stereocenters. The molecule has 6 nitrogen and oxygen atoms in total. The lowest BCUT2D eigenvalue weighted by molar-refractivity contribution is -0.125. The Kier molecular flexibility index (Phi) is 4.91. The molecule has 138 valence electrons. The van der Waals surface area contributed by atoms with Crippen LogP contribution in [0.15, 0.2) is 28.2 Å². The summed E-state index contributed by atoms with van der Waals surface area (Å²) in [5.41, 5.74) is 3.68. The van der Waals surface area contributed by atoms with Crippen LogP contribution < -0.4 is 10.2 Å². The third-order valence-corrected chi connectivity index (χ3v) is 5.39. The van der Waals surface area contributed by atoms with Gasteiger partial charge in [0.05, 0.1) is 0 Å². The number of oxazole rings is 1. The zero-order valence-electron chi connectivity index (χ0n) is 15.3. The first-order valence-corrected chi connectivity index (χ1v) is 9.64. The summed E-state index contributed by atoms with van der Waals surface area (Å²) in [7, 11) is 0. The minimum absolute atomic E-state index is 0.0835. The molecular formula is C20H26N4O2. The Balaban J connectivity index is 1.31. The standard InChI is InChI=1S/C20H26N4O2/c1-14-7-8-17-18(22-14)23-20(26-17)24-11-9-16(10-12-24)19(25)21-13-15-5-3-2-4-6-15/h5,7-8,16H,2-4,6,9-13H2,1H3,(H,21,25). The maximum Gasteiger partial charge on any atom is 0.299 e. The number of nitrogens with one attached hydrogen (secondary N) is 1. The van der Waals surface area contributed by atoms with Crippen molar-refractivity contribution in [3.8, 4) is 0 Å². The van der Waals surface area contributed by atoms with Gasteiger partial charge in [0, 0.05) is 31.2 Å². The highest BCUT2D eigenvalue weighted by Crippen LogP contribution is 2.26. The summed E-state index contributed by atoms with van der Waals surface area (Å²) in [6.07, 6.45) is 8.76. The molecule has 2 aliphatic rings. The molecular weight excluding hydrogens is 328 g/mol. The molecule has 0 bridgehead atoms. The topological polar surface area (TPSA) is 71.3 Å². The number of carbonyl (C=O) groups is 1. The Morgan fingerprint density at radius 3 is 2.88 bits per heavy atom. The van der Waals surface area contributed by atoms with Crippen LogP contribution in [-0.2, 0) is 4.79 Å². The van der Waals surface area contributed by atoms with E-state index >= 15 is 0 Å². The monoisotopic (exact) mass is 354 g/mol. The van der Waals surface area contributed by atoms with Gasteiger partial charge in [-0.05, 0) is 57.6 Å². The van der Waals surface area contributed by atoms with Gasteiger partial charge in [0.15, 0.2) is 5.58 Å². The first-order chi connectivity index (χ1) is 12.7. The third kappa shape index (κ3) is 3.74. The quantitative estimate of drug-likeness (QED) is 0.853. The average molecular weight is 354 g/mol. The number of aryl methyl sites for hydroxylation is 1. The van der Waals surface area contributed by atoms with Crippen molar-refractivity contribution >= 4 is 23.2 Å². The first kappa shape index (κ1) is 17.1. The van der Waals surface area contributed by atoms with Crippen LogP contribution in [0.1, 0.15) is 44.2 Å². The number of piperidine rings is 1. The number of hydrogen-bond acceptors (Lipinski definition) is 5. The van der Waals surface area contributed by atoms with Gasteiger partial charge in [-0.3, -0.25) is 4.79 Å². The van der Waals surface area contributed by atoms with Crippen molar-refractivity contribution < 1.29 is 9.21 Å². The molecule has 6 heteroatoms. The molecule has 1 N–H and O–H groups in total. The number of hydrogen-bond donors (Lipinski definition) is 1. The number of rotatable bonds is 4. The molecule has 2 aromatic heterocycles. The van der Waals surface area contributed by atoms with E-state index in [1.54, 1.807) is 0 Å². The Morgan fingerprint density at radius 2 is 2.12 bits per heavy atom.